The van der Waals surface area contributed by atoms with Gasteiger partial charge in [0.1, 0.15) is 17.2 Å². The molecule has 5 nitrogen and oxygen atoms in total. The smallest absolute Gasteiger partial charge is 0.131 e. The molecule has 2 unspecified atom stereocenters. The number of halogens is 1. The molecule has 0 aliphatic rings. The third kappa shape index (κ3) is 3.64. The highest BCUT2D eigenvalue weighted by Crippen LogP contribution is 2.24. The molecule has 2 aromatic rings. The van der Waals surface area contributed by atoms with E-state index in [-0.39, 0.29) is 18.4 Å². The molecule has 0 spiro atoms. The van der Waals surface area contributed by atoms with Crippen LogP contribution in [0.25, 0.3) is 0 Å². The predicted molar refractivity (Wildman–Crippen MR) is 82.1 cm³/mol. The lowest BCUT2D eigenvalue weighted by Gasteiger charge is -2.25. The summed E-state index contributed by atoms with van der Waals surface area (Å²) in [6, 6.07) is 4.52. The number of nitrogens with one attached hydrogen (secondary N) is 1. The van der Waals surface area contributed by atoms with Gasteiger partial charge in [0.2, 0.25) is 0 Å². The van der Waals surface area contributed by atoms with Crippen LogP contribution < -0.4 is 10.1 Å². The van der Waals surface area contributed by atoms with Crippen LogP contribution in [0.3, 0.4) is 0 Å². The first-order chi connectivity index (χ1) is 10.3. The third-order valence-electron chi connectivity index (χ3n) is 3.75. The van der Waals surface area contributed by atoms with Gasteiger partial charge in [-0.2, -0.15) is 5.10 Å². The number of aryl methyl sites for hydroxylation is 1. The Labute approximate surface area is 129 Å². The summed E-state index contributed by atoms with van der Waals surface area (Å²) in [5.41, 5.74) is 0.165. The fraction of sp³-hybridized carbons (Fsp3) is 0.438. The standard InChI is InChI=1S/C16H22FN3O2/c1-11(14-6-5-13(22-4)7-15(14)17)18-10-16(2,21)12-8-19-20(3)9-12/h5-9,11,18,21H,10H2,1-4H3. The SMILES string of the molecule is COc1ccc(C(C)NCC(C)(O)c2cnn(C)c2)c(F)c1. The van der Waals surface area contributed by atoms with Crippen LogP contribution in [0, 0.1) is 5.82 Å². The van der Waals surface area contributed by atoms with Crippen LogP contribution in [-0.4, -0.2) is 28.5 Å². The highest BCUT2D eigenvalue weighted by Gasteiger charge is 2.25. The molecule has 2 atom stereocenters. The molecule has 0 radical (unpaired) electrons. The largest absolute Gasteiger partial charge is 0.497 e. The molecule has 0 saturated heterocycles. The molecular formula is C16H22FN3O2. The first-order valence-electron chi connectivity index (χ1n) is 7.12. The number of aliphatic hydroxyl groups is 1. The van der Waals surface area contributed by atoms with Crippen LogP contribution in [-0.2, 0) is 12.6 Å². The quantitative estimate of drug-likeness (QED) is 0.858. The van der Waals surface area contributed by atoms with E-state index in [1.54, 1.807) is 43.2 Å². The summed E-state index contributed by atoms with van der Waals surface area (Å²) in [6.07, 6.45) is 3.39. The van der Waals surface area contributed by atoms with Gasteiger partial charge in [0.25, 0.3) is 0 Å². The maximum Gasteiger partial charge on any atom is 0.131 e. The number of rotatable bonds is 6. The van der Waals surface area contributed by atoms with Gasteiger partial charge in [0.15, 0.2) is 0 Å². The van der Waals surface area contributed by atoms with Gasteiger partial charge >= 0.3 is 0 Å². The maximum atomic E-state index is 14.0. The van der Waals surface area contributed by atoms with E-state index in [1.807, 2.05) is 6.92 Å². The lowest BCUT2D eigenvalue weighted by molar-refractivity contribution is 0.0541. The Balaban J connectivity index is 2.04. The summed E-state index contributed by atoms with van der Waals surface area (Å²) in [5, 5.41) is 17.7. The van der Waals surface area contributed by atoms with Gasteiger partial charge in [-0.05, 0) is 19.9 Å². The second kappa shape index (κ2) is 6.46. The third-order valence-corrected chi connectivity index (χ3v) is 3.75. The molecule has 120 valence electrons. The Morgan fingerprint density at radius 3 is 2.77 bits per heavy atom. The number of hydrogen-bond acceptors (Lipinski definition) is 4. The van der Waals surface area contributed by atoms with Crippen molar-refractivity contribution in [3.63, 3.8) is 0 Å². The number of nitrogens with zero attached hydrogens (tertiary/aromatic N) is 2. The summed E-state index contributed by atoms with van der Waals surface area (Å²) in [4.78, 5) is 0. The number of aromatic nitrogens is 2. The Morgan fingerprint density at radius 2 is 2.23 bits per heavy atom. The molecule has 2 rings (SSSR count). The molecule has 22 heavy (non-hydrogen) atoms. The van der Waals surface area contributed by atoms with E-state index >= 15 is 0 Å². The van der Waals surface area contributed by atoms with Crippen molar-refractivity contribution in [3.8, 4) is 5.75 Å². The van der Waals surface area contributed by atoms with E-state index in [0.717, 1.165) is 0 Å². The van der Waals surface area contributed by atoms with Crippen molar-refractivity contribution >= 4 is 0 Å². The Bertz CT molecular complexity index is 640. The van der Waals surface area contributed by atoms with Crippen molar-refractivity contribution in [2.24, 2.45) is 7.05 Å². The van der Waals surface area contributed by atoms with E-state index in [9.17, 15) is 9.50 Å². The van der Waals surface area contributed by atoms with Crippen molar-refractivity contribution in [1.29, 1.82) is 0 Å². The second-order valence-electron chi connectivity index (χ2n) is 5.67. The zero-order chi connectivity index (χ0) is 16.3. The van der Waals surface area contributed by atoms with Gasteiger partial charge in [0, 0.05) is 43.0 Å². The van der Waals surface area contributed by atoms with Gasteiger partial charge in [-0.1, -0.05) is 6.07 Å². The zero-order valence-electron chi connectivity index (χ0n) is 13.3. The summed E-state index contributed by atoms with van der Waals surface area (Å²) < 4.78 is 20.7. The molecule has 0 aliphatic carbocycles. The van der Waals surface area contributed by atoms with Gasteiger partial charge in [-0.15, -0.1) is 0 Å². The molecule has 1 aromatic carbocycles. The van der Waals surface area contributed by atoms with Crippen LogP contribution in [0.15, 0.2) is 30.6 Å². The molecular weight excluding hydrogens is 285 g/mol. The summed E-state index contributed by atoms with van der Waals surface area (Å²) >= 11 is 0. The first-order valence-corrected chi connectivity index (χ1v) is 7.12. The van der Waals surface area contributed by atoms with E-state index in [0.29, 0.717) is 16.9 Å². The molecule has 6 heteroatoms. The van der Waals surface area contributed by atoms with E-state index in [2.05, 4.69) is 10.4 Å². The molecule has 2 N–H and O–H groups in total. The molecule has 0 saturated carbocycles. The number of ether oxygens (including phenoxy) is 1. The van der Waals surface area contributed by atoms with Crippen LogP contribution in [0.1, 0.15) is 31.0 Å². The predicted octanol–water partition coefficient (Wildman–Crippen LogP) is 2.13. The van der Waals surface area contributed by atoms with Gasteiger partial charge in [0.05, 0.1) is 13.3 Å². The van der Waals surface area contributed by atoms with Crippen LogP contribution in [0.5, 0.6) is 5.75 Å². The van der Waals surface area contributed by atoms with Gasteiger partial charge in [-0.3, -0.25) is 4.68 Å². The minimum absolute atomic E-state index is 0.242. The van der Waals surface area contributed by atoms with Crippen LogP contribution in [0.2, 0.25) is 0 Å². The summed E-state index contributed by atoms with van der Waals surface area (Å²) in [7, 11) is 3.30. The van der Waals surface area contributed by atoms with Crippen molar-refractivity contribution < 1.29 is 14.2 Å². The molecule has 0 bridgehead atoms. The van der Waals surface area contributed by atoms with Crippen molar-refractivity contribution in [1.82, 2.24) is 15.1 Å². The van der Waals surface area contributed by atoms with Crippen LogP contribution >= 0.6 is 0 Å². The Morgan fingerprint density at radius 1 is 1.50 bits per heavy atom. The fourth-order valence-electron chi connectivity index (χ4n) is 2.25. The normalized spacial score (nSPS) is 15.4. The van der Waals surface area contributed by atoms with Crippen molar-refractivity contribution in [2.75, 3.05) is 13.7 Å². The monoisotopic (exact) mass is 307 g/mol. The van der Waals surface area contributed by atoms with Crippen molar-refractivity contribution in [2.45, 2.75) is 25.5 Å². The van der Waals surface area contributed by atoms with E-state index < -0.39 is 5.60 Å². The molecule has 0 amide bonds. The minimum Gasteiger partial charge on any atom is -0.497 e. The number of methoxy groups -OCH3 is 1. The average molecular weight is 307 g/mol. The van der Waals surface area contributed by atoms with Gasteiger partial charge < -0.3 is 15.2 Å². The average Bonchev–Trinajstić information content (AvgIpc) is 2.92. The van der Waals surface area contributed by atoms with E-state index in [4.69, 9.17) is 4.74 Å². The topological polar surface area (TPSA) is 59.3 Å². The first kappa shape index (κ1) is 16.5. The minimum atomic E-state index is -1.08. The fourth-order valence-corrected chi connectivity index (χ4v) is 2.25. The molecule has 0 aliphatic heterocycles. The number of benzene rings is 1. The maximum absolute atomic E-state index is 14.0. The Kier molecular flexibility index (Phi) is 4.83. The Hall–Kier alpha value is -1.92. The highest BCUT2D eigenvalue weighted by atomic mass is 19.1. The van der Waals surface area contributed by atoms with Gasteiger partial charge in [-0.25, -0.2) is 4.39 Å². The van der Waals surface area contributed by atoms with E-state index in [1.165, 1.54) is 13.2 Å². The molecule has 0 fully saturated rings. The van der Waals surface area contributed by atoms with Crippen LogP contribution in [0.4, 0.5) is 4.39 Å². The van der Waals surface area contributed by atoms with Crippen molar-refractivity contribution in [3.05, 3.63) is 47.5 Å². The number of hydrogen-bond donors (Lipinski definition) is 2. The molecule has 1 heterocycles. The summed E-state index contributed by atoms with van der Waals surface area (Å²) in [5.74, 6) is 0.149. The molecule has 1 aromatic heterocycles. The zero-order valence-corrected chi connectivity index (χ0v) is 13.3. The lowest BCUT2D eigenvalue weighted by Crippen LogP contribution is -2.36. The highest BCUT2D eigenvalue weighted by molar-refractivity contribution is 5.30. The lowest BCUT2D eigenvalue weighted by atomic mass is 9.98. The second-order valence-corrected chi connectivity index (χ2v) is 5.67. The summed E-state index contributed by atoms with van der Waals surface area (Å²) in [6.45, 7) is 3.84.